The molecule has 0 aromatic heterocycles. The van der Waals surface area contributed by atoms with E-state index in [1.807, 2.05) is 0 Å². The fourth-order valence-electron chi connectivity index (χ4n) is 0.919. The topological polar surface area (TPSA) is 82.1 Å². The zero-order chi connectivity index (χ0) is 11.3. The maximum absolute atomic E-state index is 11.2. The van der Waals surface area contributed by atoms with E-state index in [0.29, 0.717) is 0 Å². The molecule has 1 rings (SSSR count). The Morgan fingerprint density at radius 3 is 2.93 bits per heavy atom. The van der Waals surface area contributed by atoms with Crippen molar-refractivity contribution in [2.75, 3.05) is 6.61 Å². The lowest BCUT2D eigenvalue weighted by Crippen LogP contribution is -2.23. The molecule has 82 valence electrons. The van der Waals surface area contributed by atoms with Gasteiger partial charge in [0.25, 0.3) is 0 Å². The Hall–Kier alpha value is -1.82. The Morgan fingerprint density at radius 1 is 1.60 bits per heavy atom. The summed E-state index contributed by atoms with van der Waals surface area (Å²) in [4.78, 5) is 29.9. The summed E-state index contributed by atoms with van der Waals surface area (Å²) in [5.74, 6) is -1.75. The predicted molar refractivity (Wildman–Crippen MR) is 47.0 cm³/mol. The third kappa shape index (κ3) is 3.43. The summed E-state index contributed by atoms with van der Waals surface area (Å²) in [5.41, 5.74) is 0.102. The van der Waals surface area contributed by atoms with Gasteiger partial charge in [0.15, 0.2) is 0 Å². The Balaban J connectivity index is 2.43. The fourth-order valence-corrected chi connectivity index (χ4v) is 0.919. The number of carbonyl (C=O) groups excluding carboxylic acids is 2. The van der Waals surface area contributed by atoms with E-state index in [0.717, 1.165) is 12.3 Å². The van der Waals surface area contributed by atoms with Crippen LogP contribution in [-0.2, 0) is 24.1 Å². The number of hydrogen-bond donors (Lipinski definition) is 1. The van der Waals surface area contributed by atoms with Gasteiger partial charge in [-0.2, -0.15) is 0 Å². The first-order valence-corrected chi connectivity index (χ1v) is 4.17. The van der Waals surface area contributed by atoms with Gasteiger partial charge < -0.3 is 9.84 Å². The average molecular weight is 214 g/mol. The van der Waals surface area contributed by atoms with Crippen LogP contribution in [0.25, 0.3) is 0 Å². The molecule has 0 aromatic carbocycles. The van der Waals surface area contributed by atoms with Crippen molar-refractivity contribution in [2.45, 2.75) is 12.5 Å². The van der Waals surface area contributed by atoms with Crippen LogP contribution in [0.15, 0.2) is 24.5 Å². The van der Waals surface area contributed by atoms with Crippen LogP contribution in [0, 0.1) is 0 Å². The van der Waals surface area contributed by atoms with Crippen LogP contribution in [0.2, 0.25) is 0 Å². The van der Waals surface area contributed by atoms with Crippen molar-refractivity contribution >= 4 is 11.9 Å². The van der Waals surface area contributed by atoms with Gasteiger partial charge >= 0.3 is 11.9 Å². The lowest BCUT2D eigenvalue weighted by molar-refractivity contribution is -0.251. The van der Waals surface area contributed by atoms with Gasteiger partial charge in [-0.3, -0.25) is 0 Å². The lowest BCUT2D eigenvalue weighted by Gasteiger charge is -2.16. The van der Waals surface area contributed by atoms with Crippen molar-refractivity contribution in [3.63, 3.8) is 0 Å². The Kier molecular flexibility index (Phi) is 3.87. The van der Waals surface area contributed by atoms with Crippen LogP contribution in [0.1, 0.15) is 6.42 Å². The highest BCUT2D eigenvalue weighted by Gasteiger charge is 2.22. The first-order valence-electron chi connectivity index (χ1n) is 4.17. The van der Waals surface area contributed by atoms with Gasteiger partial charge in [-0.1, -0.05) is 6.58 Å². The van der Waals surface area contributed by atoms with E-state index in [1.54, 1.807) is 0 Å². The third-order valence-electron chi connectivity index (χ3n) is 1.60. The molecule has 0 saturated heterocycles. The molecular formula is C9H10O6. The second kappa shape index (κ2) is 5.16. The number of aliphatic hydroxyl groups is 1. The minimum absolute atomic E-state index is 0.102. The van der Waals surface area contributed by atoms with Crippen LogP contribution in [0.4, 0.5) is 0 Å². The number of ether oxygens (including phenoxy) is 1. The zero-order valence-corrected chi connectivity index (χ0v) is 7.84. The van der Waals surface area contributed by atoms with Gasteiger partial charge in [0, 0.05) is 12.5 Å². The quantitative estimate of drug-likeness (QED) is 0.390. The van der Waals surface area contributed by atoms with E-state index in [1.165, 1.54) is 0 Å². The third-order valence-corrected chi connectivity index (χ3v) is 1.60. The molecule has 1 aliphatic rings. The smallest absolute Gasteiger partial charge is 0.385 e. The molecule has 1 heterocycles. The monoisotopic (exact) mass is 214 g/mol. The Bertz CT molecular complexity index is 306. The normalized spacial score (nSPS) is 19.5. The SMILES string of the molecule is C=CC(=O)OOC(=O)C1=COCC(O)C1. The maximum atomic E-state index is 11.2. The van der Waals surface area contributed by atoms with E-state index in [9.17, 15) is 9.59 Å². The largest absolute Gasteiger partial charge is 0.498 e. The lowest BCUT2D eigenvalue weighted by atomic mass is 10.1. The molecule has 6 heteroatoms. The molecule has 1 N–H and O–H groups in total. The number of carbonyl (C=O) groups is 2. The van der Waals surface area contributed by atoms with Crippen LogP contribution in [0.5, 0.6) is 0 Å². The number of aliphatic hydroxyl groups excluding tert-OH is 1. The van der Waals surface area contributed by atoms with E-state index in [-0.39, 0.29) is 18.6 Å². The van der Waals surface area contributed by atoms with Crippen LogP contribution < -0.4 is 0 Å². The van der Waals surface area contributed by atoms with Gasteiger partial charge in [0.2, 0.25) is 0 Å². The van der Waals surface area contributed by atoms with Gasteiger partial charge in [-0.05, 0) is 0 Å². The molecule has 0 spiro atoms. The average Bonchev–Trinajstić information content (AvgIpc) is 2.25. The summed E-state index contributed by atoms with van der Waals surface area (Å²) in [5, 5.41) is 9.15. The van der Waals surface area contributed by atoms with Crippen LogP contribution >= 0.6 is 0 Å². The van der Waals surface area contributed by atoms with Gasteiger partial charge in [-0.25, -0.2) is 19.4 Å². The molecule has 0 aliphatic carbocycles. The predicted octanol–water partition coefficient (Wildman–Crippen LogP) is -0.161. The standard InChI is InChI=1S/C9H10O6/c1-2-8(11)14-15-9(12)6-3-7(10)5-13-4-6/h2,4,7,10H,1,3,5H2. The summed E-state index contributed by atoms with van der Waals surface area (Å²) < 4.78 is 4.78. The molecule has 1 atom stereocenters. The minimum atomic E-state index is -0.874. The molecule has 0 radical (unpaired) electrons. The van der Waals surface area contributed by atoms with Gasteiger partial charge in [0.1, 0.15) is 6.61 Å². The van der Waals surface area contributed by atoms with E-state index in [2.05, 4.69) is 16.4 Å². The van der Waals surface area contributed by atoms with E-state index >= 15 is 0 Å². The molecule has 1 unspecified atom stereocenters. The highest BCUT2D eigenvalue weighted by atomic mass is 17.2. The highest BCUT2D eigenvalue weighted by molar-refractivity contribution is 5.89. The molecule has 0 aromatic rings. The second-order valence-electron chi connectivity index (χ2n) is 2.81. The summed E-state index contributed by atoms with van der Waals surface area (Å²) in [7, 11) is 0. The minimum Gasteiger partial charge on any atom is -0.498 e. The molecule has 0 saturated carbocycles. The van der Waals surface area contributed by atoms with Crippen molar-refractivity contribution < 1.29 is 29.2 Å². The first-order chi connectivity index (χ1) is 7.13. The summed E-state index contributed by atoms with van der Waals surface area (Å²) in [6, 6.07) is 0. The zero-order valence-electron chi connectivity index (χ0n) is 7.84. The molecule has 0 amide bonds. The molecule has 0 fully saturated rings. The fraction of sp³-hybridized carbons (Fsp3) is 0.333. The van der Waals surface area contributed by atoms with Crippen molar-refractivity contribution in [3.8, 4) is 0 Å². The first kappa shape index (κ1) is 11.3. The molecular weight excluding hydrogens is 204 g/mol. The molecule has 1 aliphatic heterocycles. The number of rotatable bonds is 2. The Labute approximate surface area is 85.7 Å². The van der Waals surface area contributed by atoms with Gasteiger partial charge in [-0.15, -0.1) is 0 Å². The van der Waals surface area contributed by atoms with Crippen LogP contribution in [-0.4, -0.2) is 29.8 Å². The molecule has 0 bridgehead atoms. The molecule has 6 nitrogen and oxygen atoms in total. The number of hydrogen-bond acceptors (Lipinski definition) is 6. The summed E-state index contributed by atoms with van der Waals surface area (Å²) >= 11 is 0. The van der Waals surface area contributed by atoms with Gasteiger partial charge in [0.05, 0.1) is 17.9 Å². The van der Waals surface area contributed by atoms with Crippen LogP contribution in [0.3, 0.4) is 0 Å². The Morgan fingerprint density at radius 2 is 2.33 bits per heavy atom. The van der Waals surface area contributed by atoms with Crippen molar-refractivity contribution in [1.82, 2.24) is 0 Å². The second-order valence-corrected chi connectivity index (χ2v) is 2.81. The molecule has 15 heavy (non-hydrogen) atoms. The maximum Gasteiger partial charge on any atom is 0.385 e. The van der Waals surface area contributed by atoms with Crippen molar-refractivity contribution in [1.29, 1.82) is 0 Å². The van der Waals surface area contributed by atoms with E-state index in [4.69, 9.17) is 9.84 Å². The summed E-state index contributed by atoms with van der Waals surface area (Å²) in [6.45, 7) is 3.25. The van der Waals surface area contributed by atoms with E-state index < -0.39 is 18.0 Å². The van der Waals surface area contributed by atoms with Crippen molar-refractivity contribution in [3.05, 3.63) is 24.5 Å². The van der Waals surface area contributed by atoms with Crippen molar-refractivity contribution in [2.24, 2.45) is 0 Å². The summed E-state index contributed by atoms with van der Waals surface area (Å²) in [6.07, 6.45) is 1.36. The highest BCUT2D eigenvalue weighted by Crippen LogP contribution is 2.13.